The van der Waals surface area contributed by atoms with E-state index in [-0.39, 0.29) is 6.04 Å². The Labute approximate surface area is 102 Å². The summed E-state index contributed by atoms with van der Waals surface area (Å²) < 4.78 is 10.7. The quantitative estimate of drug-likeness (QED) is 0.638. The fourth-order valence-corrected chi connectivity index (χ4v) is 1.30. The van der Waals surface area contributed by atoms with E-state index >= 15 is 0 Å². The van der Waals surface area contributed by atoms with E-state index in [0.717, 1.165) is 13.0 Å². The lowest BCUT2D eigenvalue weighted by molar-refractivity contribution is 0.140. The summed E-state index contributed by atoms with van der Waals surface area (Å²) in [5, 5.41) is 14.2. The lowest BCUT2D eigenvalue weighted by Crippen LogP contribution is -2.21. The zero-order valence-corrected chi connectivity index (χ0v) is 10.8. The highest BCUT2D eigenvalue weighted by Gasteiger charge is 2.08. The molecule has 2 N–H and O–H groups in total. The molecule has 0 radical (unpaired) electrons. The van der Waals surface area contributed by atoms with E-state index in [1.807, 2.05) is 13.8 Å². The number of rotatable bonds is 9. The molecule has 0 saturated heterocycles. The van der Waals surface area contributed by atoms with Crippen molar-refractivity contribution in [2.75, 3.05) is 25.1 Å². The van der Waals surface area contributed by atoms with Crippen molar-refractivity contribution in [1.29, 1.82) is 0 Å². The van der Waals surface area contributed by atoms with Gasteiger partial charge in [-0.25, -0.2) is 0 Å². The predicted octanol–water partition coefficient (Wildman–Crippen LogP) is 1.41. The number of hydrogen-bond donors (Lipinski definition) is 2. The van der Waals surface area contributed by atoms with E-state index in [1.165, 1.54) is 0 Å². The van der Waals surface area contributed by atoms with E-state index in [1.54, 1.807) is 0 Å². The number of hydrogen-bond acceptors (Lipinski definition) is 6. The third-order valence-corrected chi connectivity index (χ3v) is 2.11. The van der Waals surface area contributed by atoms with Crippen LogP contribution in [0, 0.1) is 0 Å². The van der Waals surface area contributed by atoms with Gasteiger partial charge < -0.3 is 19.8 Å². The van der Waals surface area contributed by atoms with Crippen LogP contribution in [0.4, 0.5) is 6.01 Å². The van der Waals surface area contributed by atoms with Crippen molar-refractivity contribution in [1.82, 2.24) is 15.5 Å². The van der Waals surface area contributed by atoms with Gasteiger partial charge >= 0.3 is 6.01 Å². The third-order valence-electron chi connectivity index (χ3n) is 2.11. The van der Waals surface area contributed by atoms with Gasteiger partial charge in [-0.1, -0.05) is 12.0 Å². The Hall–Kier alpha value is -1.14. The van der Waals surface area contributed by atoms with Crippen molar-refractivity contribution in [3.63, 3.8) is 0 Å². The molecular weight excluding hydrogens is 220 g/mol. The molecule has 0 spiro atoms. The average molecular weight is 242 g/mol. The molecule has 1 heterocycles. The molecule has 0 aliphatic rings. The molecule has 1 aromatic heterocycles. The third kappa shape index (κ3) is 5.65. The highest BCUT2D eigenvalue weighted by Crippen LogP contribution is 2.06. The first kappa shape index (κ1) is 13.9. The lowest BCUT2D eigenvalue weighted by Gasteiger charge is -2.10. The molecule has 0 aliphatic carbocycles. The fourth-order valence-electron chi connectivity index (χ4n) is 1.30. The first-order chi connectivity index (χ1) is 8.26. The van der Waals surface area contributed by atoms with Crippen LogP contribution in [0.5, 0.6) is 0 Å². The highest BCUT2D eigenvalue weighted by molar-refractivity contribution is 5.18. The van der Waals surface area contributed by atoms with Gasteiger partial charge in [0.25, 0.3) is 0 Å². The topological polar surface area (TPSA) is 72.2 Å². The summed E-state index contributed by atoms with van der Waals surface area (Å²) in [6, 6.07) is 0.609. The largest absolute Gasteiger partial charge is 0.407 e. The molecule has 0 amide bonds. The molecule has 1 rings (SSSR count). The van der Waals surface area contributed by atoms with Gasteiger partial charge in [0.2, 0.25) is 5.89 Å². The minimum absolute atomic E-state index is 0.159. The van der Waals surface area contributed by atoms with Gasteiger partial charge in [0.05, 0.1) is 19.2 Å². The first-order valence-corrected chi connectivity index (χ1v) is 6.13. The van der Waals surface area contributed by atoms with E-state index in [4.69, 9.17) is 9.15 Å². The molecule has 98 valence electrons. The van der Waals surface area contributed by atoms with Crippen molar-refractivity contribution in [2.45, 2.75) is 39.8 Å². The Bertz CT molecular complexity index is 303. The molecule has 0 aliphatic heterocycles. The zero-order valence-electron chi connectivity index (χ0n) is 10.8. The van der Waals surface area contributed by atoms with E-state index in [9.17, 15) is 0 Å². The second-order valence-corrected chi connectivity index (χ2v) is 3.88. The van der Waals surface area contributed by atoms with E-state index in [0.29, 0.717) is 31.7 Å². The molecule has 1 unspecified atom stereocenters. The van der Waals surface area contributed by atoms with Crippen molar-refractivity contribution in [2.24, 2.45) is 0 Å². The number of ether oxygens (including phenoxy) is 1. The van der Waals surface area contributed by atoms with Crippen LogP contribution >= 0.6 is 0 Å². The Morgan fingerprint density at radius 1 is 1.35 bits per heavy atom. The summed E-state index contributed by atoms with van der Waals surface area (Å²) in [7, 11) is 0. The van der Waals surface area contributed by atoms with Crippen LogP contribution in [0.3, 0.4) is 0 Å². The highest BCUT2D eigenvalue weighted by atomic mass is 16.5. The molecule has 1 atom stereocenters. The number of anilines is 1. The minimum Gasteiger partial charge on any atom is -0.407 e. The number of aromatic nitrogens is 2. The summed E-state index contributed by atoms with van der Waals surface area (Å²) in [5.74, 6) is 0.601. The average Bonchev–Trinajstić information content (AvgIpc) is 2.74. The van der Waals surface area contributed by atoms with Crippen LogP contribution in [-0.4, -0.2) is 36.0 Å². The Morgan fingerprint density at radius 2 is 2.18 bits per heavy atom. The second-order valence-electron chi connectivity index (χ2n) is 3.88. The number of nitrogens with one attached hydrogen (secondary N) is 2. The van der Waals surface area contributed by atoms with Gasteiger partial charge in [0.15, 0.2) is 0 Å². The smallest absolute Gasteiger partial charge is 0.315 e. The van der Waals surface area contributed by atoms with Crippen molar-refractivity contribution < 1.29 is 9.15 Å². The standard InChI is InChI=1S/C11H22N4O2/c1-4-6-12-7-10-14-15-11(17-10)13-9(3)8-16-5-2/h9,12H,4-8H2,1-3H3,(H,13,15). The van der Waals surface area contributed by atoms with Crippen LogP contribution in [-0.2, 0) is 11.3 Å². The molecule has 0 aromatic carbocycles. The molecular formula is C11H22N4O2. The van der Waals surface area contributed by atoms with Crippen LogP contribution in [0.25, 0.3) is 0 Å². The monoisotopic (exact) mass is 242 g/mol. The molecule has 6 heteroatoms. The molecule has 6 nitrogen and oxygen atoms in total. The summed E-state index contributed by atoms with van der Waals surface area (Å²) >= 11 is 0. The molecule has 0 saturated carbocycles. The SMILES string of the molecule is CCCNCc1nnc(NC(C)COCC)o1. The van der Waals surface area contributed by atoms with Gasteiger partial charge in [-0.3, -0.25) is 0 Å². The normalized spacial score (nSPS) is 12.6. The van der Waals surface area contributed by atoms with Crippen LogP contribution < -0.4 is 10.6 Å². The van der Waals surface area contributed by atoms with E-state index < -0.39 is 0 Å². The van der Waals surface area contributed by atoms with Gasteiger partial charge in [0.1, 0.15) is 0 Å². The lowest BCUT2D eigenvalue weighted by atomic mass is 10.4. The van der Waals surface area contributed by atoms with Crippen molar-refractivity contribution in [3.8, 4) is 0 Å². The maximum absolute atomic E-state index is 5.43. The van der Waals surface area contributed by atoms with Gasteiger partial charge in [-0.05, 0) is 26.8 Å². The first-order valence-electron chi connectivity index (χ1n) is 6.13. The van der Waals surface area contributed by atoms with Crippen LogP contribution in [0.15, 0.2) is 4.42 Å². The van der Waals surface area contributed by atoms with Gasteiger partial charge in [-0.15, -0.1) is 5.10 Å². The predicted molar refractivity (Wildman–Crippen MR) is 65.9 cm³/mol. The maximum Gasteiger partial charge on any atom is 0.315 e. The Balaban J connectivity index is 2.29. The zero-order chi connectivity index (χ0) is 12.5. The number of nitrogens with zero attached hydrogens (tertiary/aromatic N) is 2. The summed E-state index contributed by atoms with van der Waals surface area (Å²) in [6.07, 6.45) is 1.09. The molecule has 0 bridgehead atoms. The second kappa shape index (κ2) is 8.03. The van der Waals surface area contributed by atoms with Crippen molar-refractivity contribution in [3.05, 3.63) is 5.89 Å². The minimum atomic E-state index is 0.159. The van der Waals surface area contributed by atoms with Crippen molar-refractivity contribution >= 4 is 6.01 Å². The summed E-state index contributed by atoms with van der Waals surface area (Å²) in [5.41, 5.74) is 0. The molecule has 0 fully saturated rings. The van der Waals surface area contributed by atoms with Gasteiger partial charge in [0, 0.05) is 6.61 Å². The van der Waals surface area contributed by atoms with Crippen LogP contribution in [0.1, 0.15) is 33.1 Å². The summed E-state index contributed by atoms with van der Waals surface area (Å²) in [6.45, 7) is 8.99. The van der Waals surface area contributed by atoms with Gasteiger partial charge in [-0.2, -0.15) is 0 Å². The van der Waals surface area contributed by atoms with E-state index in [2.05, 4.69) is 27.8 Å². The summed E-state index contributed by atoms with van der Waals surface area (Å²) in [4.78, 5) is 0. The molecule has 17 heavy (non-hydrogen) atoms. The van der Waals surface area contributed by atoms with Crippen LogP contribution in [0.2, 0.25) is 0 Å². The Morgan fingerprint density at radius 3 is 2.88 bits per heavy atom. The molecule has 1 aromatic rings. The Kier molecular flexibility index (Phi) is 6.57. The maximum atomic E-state index is 5.43. The fraction of sp³-hybridized carbons (Fsp3) is 0.818.